The van der Waals surface area contributed by atoms with Crippen LogP contribution >= 0.6 is 0 Å². The first-order chi connectivity index (χ1) is 33.2. The Labute approximate surface area is 388 Å². The van der Waals surface area contributed by atoms with Gasteiger partial charge >= 0.3 is 0 Å². The van der Waals surface area contributed by atoms with Gasteiger partial charge in [0.05, 0.1) is 16.7 Å². The molecule has 3 nitrogen and oxygen atoms in total. The summed E-state index contributed by atoms with van der Waals surface area (Å²) in [6.07, 6.45) is 0. The maximum absolute atomic E-state index is 6.28. The van der Waals surface area contributed by atoms with E-state index in [4.69, 9.17) is 4.42 Å². The molecule has 0 fully saturated rings. The number of anilines is 3. The fourth-order valence-electron chi connectivity index (χ4n) is 10.2. The Bertz CT molecular complexity index is 3930. The van der Waals surface area contributed by atoms with E-state index in [1.165, 1.54) is 66.0 Å². The minimum atomic E-state index is 0.880. The molecular formula is C64H42N2O. The van der Waals surface area contributed by atoms with Gasteiger partial charge in [0.2, 0.25) is 0 Å². The summed E-state index contributed by atoms with van der Waals surface area (Å²) < 4.78 is 8.71. The first kappa shape index (κ1) is 38.5. The number of nitrogens with zero attached hydrogens (tertiary/aromatic N) is 2. The zero-order valence-electron chi connectivity index (χ0n) is 36.6. The van der Waals surface area contributed by atoms with Crippen LogP contribution in [0, 0.1) is 0 Å². The fraction of sp³-hybridized carbons (Fsp3) is 0. The molecule has 13 aromatic rings. The lowest BCUT2D eigenvalue weighted by molar-refractivity contribution is 0.669. The SMILES string of the molecule is c1ccc(-c2cc(-c3ccccc3)cc(-n3c4ccccc4c4cc(-c5cccc(-c6cccc(N(c7ccc8oc9ccccc9c8c7)c7cccc8ccccc78)c6)c5)ccc43)c2)cc1. The smallest absolute Gasteiger partial charge is 0.135 e. The number of furan rings is 1. The zero-order chi connectivity index (χ0) is 44.3. The van der Waals surface area contributed by atoms with Crippen LogP contribution in [0.2, 0.25) is 0 Å². The topological polar surface area (TPSA) is 21.3 Å². The van der Waals surface area contributed by atoms with Crippen LogP contribution < -0.4 is 4.90 Å². The maximum atomic E-state index is 6.28. The summed E-state index contributed by atoms with van der Waals surface area (Å²) in [6.45, 7) is 0. The van der Waals surface area contributed by atoms with Crippen LogP contribution in [0.1, 0.15) is 0 Å². The van der Waals surface area contributed by atoms with Crippen molar-refractivity contribution in [2.24, 2.45) is 0 Å². The van der Waals surface area contributed by atoms with E-state index >= 15 is 0 Å². The Morgan fingerprint density at radius 2 is 0.821 bits per heavy atom. The van der Waals surface area contributed by atoms with Crippen molar-refractivity contribution in [1.82, 2.24) is 4.57 Å². The average molecular weight is 855 g/mol. The standard InChI is InChI=1S/C64H42N2O/c1-3-16-43(17-4-1)50-37-51(44-18-5-2-6-19-44)40-54(39-50)66-61-29-11-9-27-56(61)58-41-49(32-34-62(58)66)47-23-13-22-46(36-47)48-24-14-25-52(38-48)65(60-30-15-21-45-20-7-8-26-55(45)60)53-33-35-64-59(42-53)57-28-10-12-31-63(57)67-64/h1-42H. The van der Waals surface area contributed by atoms with E-state index in [1.807, 2.05) is 12.1 Å². The largest absolute Gasteiger partial charge is 0.456 e. The Morgan fingerprint density at radius 3 is 1.60 bits per heavy atom. The number of hydrogen-bond acceptors (Lipinski definition) is 2. The van der Waals surface area contributed by atoms with Crippen LogP contribution in [0.15, 0.2) is 259 Å². The van der Waals surface area contributed by atoms with E-state index in [1.54, 1.807) is 0 Å². The van der Waals surface area contributed by atoms with E-state index in [-0.39, 0.29) is 0 Å². The molecule has 0 spiro atoms. The lowest BCUT2D eigenvalue weighted by Gasteiger charge is -2.27. The van der Waals surface area contributed by atoms with Crippen LogP contribution in [0.5, 0.6) is 0 Å². The highest BCUT2D eigenvalue weighted by atomic mass is 16.3. The Balaban J connectivity index is 0.920. The van der Waals surface area contributed by atoms with Crippen molar-refractivity contribution in [3.63, 3.8) is 0 Å². The summed E-state index contributed by atoms with van der Waals surface area (Å²) >= 11 is 0. The molecule has 0 N–H and O–H groups in total. The maximum Gasteiger partial charge on any atom is 0.135 e. The number of rotatable bonds is 8. The summed E-state index contributed by atoms with van der Waals surface area (Å²) in [5.41, 5.74) is 17.9. The summed E-state index contributed by atoms with van der Waals surface area (Å²) in [6, 6.07) is 92.1. The molecule has 67 heavy (non-hydrogen) atoms. The quantitative estimate of drug-likeness (QED) is 0.152. The van der Waals surface area contributed by atoms with Crippen molar-refractivity contribution in [3.05, 3.63) is 255 Å². The van der Waals surface area contributed by atoms with Gasteiger partial charge in [-0.05, 0) is 135 Å². The molecule has 0 saturated carbocycles. The van der Waals surface area contributed by atoms with Crippen LogP contribution in [-0.2, 0) is 0 Å². The van der Waals surface area contributed by atoms with Crippen molar-refractivity contribution < 1.29 is 4.42 Å². The predicted octanol–water partition coefficient (Wildman–Crippen LogP) is 18.0. The monoisotopic (exact) mass is 854 g/mol. The highest BCUT2D eigenvalue weighted by molar-refractivity contribution is 6.11. The van der Waals surface area contributed by atoms with Crippen molar-refractivity contribution in [2.75, 3.05) is 4.90 Å². The molecule has 13 rings (SSSR count). The van der Waals surface area contributed by atoms with E-state index in [0.717, 1.165) is 55.8 Å². The van der Waals surface area contributed by atoms with Gasteiger partial charge in [-0.3, -0.25) is 0 Å². The van der Waals surface area contributed by atoms with Crippen LogP contribution in [0.4, 0.5) is 17.1 Å². The van der Waals surface area contributed by atoms with Gasteiger partial charge in [-0.1, -0.05) is 170 Å². The number of aromatic nitrogens is 1. The molecular weight excluding hydrogens is 813 g/mol. The molecule has 0 radical (unpaired) electrons. The lowest BCUT2D eigenvalue weighted by Crippen LogP contribution is -2.10. The molecule has 11 aromatic carbocycles. The molecule has 2 aromatic heterocycles. The van der Waals surface area contributed by atoms with Crippen molar-refractivity contribution in [2.45, 2.75) is 0 Å². The Hall–Kier alpha value is -8.92. The molecule has 0 amide bonds. The highest BCUT2D eigenvalue weighted by Gasteiger charge is 2.20. The number of benzene rings is 11. The number of fused-ring (bicyclic) bond motifs is 7. The van der Waals surface area contributed by atoms with Crippen LogP contribution in [0.25, 0.3) is 105 Å². The summed E-state index contributed by atoms with van der Waals surface area (Å²) in [5.74, 6) is 0. The van der Waals surface area contributed by atoms with Gasteiger partial charge < -0.3 is 13.9 Å². The first-order valence-electron chi connectivity index (χ1n) is 22.9. The second-order valence-electron chi connectivity index (χ2n) is 17.3. The summed E-state index contributed by atoms with van der Waals surface area (Å²) in [5, 5.41) is 7.04. The summed E-state index contributed by atoms with van der Waals surface area (Å²) in [7, 11) is 0. The van der Waals surface area contributed by atoms with Crippen molar-refractivity contribution in [3.8, 4) is 50.2 Å². The lowest BCUT2D eigenvalue weighted by atomic mass is 9.97. The van der Waals surface area contributed by atoms with Gasteiger partial charge in [-0.15, -0.1) is 0 Å². The van der Waals surface area contributed by atoms with Crippen molar-refractivity contribution in [1.29, 1.82) is 0 Å². The molecule has 314 valence electrons. The fourth-order valence-corrected chi connectivity index (χ4v) is 10.2. The first-order valence-corrected chi connectivity index (χ1v) is 22.9. The van der Waals surface area contributed by atoms with E-state index in [9.17, 15) is 0 Å². The van der Waals surface area contributed by atoms with Crippen LogP contribution in [0.3, 0.4) is 0 Å². The van der Waals surface area contributed by atoms with Gasteiger partial charge in [-0.25, -0.2) is 0 Å². The van der Waals surface area contributed by atoms with E-state index in [0.29, 0.717) is 0 Å². The van der Waals surface area contributed by atoms with Gasteiger partial charge in [0.25, 0.3) is 0 Å². The molecule has 0 aliphatic heterocycles. The Morgan fingerprint density at radius 1 is 0.284 bits per heavy atom. The predicted molar refractivity (Wildman–Crippen MR) is 282 cm³/mol. The third-order valence-electron chi connectivity index (χ3n) is 13.3. The average Bonchev–Trinajstić information content (AvgIpc) is 3.94. The number of para-hydroxylation sites is 2. The highest BCUT2D eigenvalue weighted by Crippen LogP contribution is 2.43. The molecule has 0 aliphatic carbocycles. The minimum absolute atomic E-state index is 0.880. The zero-order valence-corrected chi connectivity index (χ0v) is 36.6. The van der Waals surface area contributed by atoms with Crippen LogP contribution in [-0.4, -0.2) is 4.57 Å². The van der Waals surface area contributed by atoms with Gasteiger partial charge in [0.15, 0.2) is 0 Å². The molecule has 0 saturated heterocycles. The van der Waals surface area contributed by atoms with Crippen molar-refractivity contribution >= 4 is 71.6 Å². The minimum Gasteiger partial charge on any atom is -0.456 e. The second kappa shape index (κ2) is 16.0. The normalized spacial score (nSPS) is 11.6. The molecule has 2 heterocycles. The Kier molecular flexibility index (Phi) is 9.17. The number of hydrogen-bond donors (Lipinski definition) is 0. The molecule has 3 heteroatoms. The molecule has 0 atom stereocenters. The molecule has 0 bridgehead atoms. The second-order valence-corrected chi connectivity index (χ2v) is 17.3. The summed E-state index contributed by atoms with van der Waals surface area (Å²) in [4.78, 5) is 2.39. The van der Waals surface area contributed by atoms with Gasteiger partial charge in [-0.2, -0.15) is 0 Å². The van der Waals surface area contributed by atoms with Gasteiger partial charge in [0.1, 0.15) is 11.2 Å². The third-order valence-corrected chi connectivity index (χ3v) is 13.3. The van der Waals surface area contributed by atoms with E-state index < -0.39 is 0 Å². The molecule has 0 aliphatic rings. The van der Waals surface area contributed by atoms with E-state index in [2.05, 4.69) is 252 Å². The van der Waals surface area contributed by atoms with Gasteiger partial charge in [0, 0.05) is 44.0 Å². The third kappa shape index (κ3) is 6.76. The molecule has 0 unspecified atom stereocenters.